The summed E-state index contributed by atoms with van der Waals surface area (Å²) in [7, 11) is 0. The van der Waals surface area contributed by atoms with E-state index >= 15 is 0 Å². The van der Waals surface area contributed by atoms with Crippen molar-refractivity contribution < 1.29 is 9.53 Å². The number of aryl methyl sites for hydroxylation is 1. The van der Waals surface area contributed by atoms with E-state index in [1.165, 1.54) is 0 Å². The fourth-order valence-corrected chi connectivity index (χ4v) is 3.21. The number of hydrogen-bond donors (Lipinski definition) is 1. The monoisotopic (exact) mass is 354 g/mol. The lowest BCUT2D eigenvalue weighted by Gasteiger charge is -2.32. The van der Waals surface area contributed by atoms with Gasteiger partial charge in [-0.2, -0.15) is 0 Å². The highest BCUT2D eigenvalue weighted by molar-refractivity contribution is 9.10. The Morgan fingerprint density at radius 1 is 1.38 bits per heavy atom. The molecule has 1 aliphatic rings. The van der Waals surface area contributed by atoms with E-state index < -0.39 is 0 Å². The minimum absolute atomic E-state index is 0.111. The van der Waals surface area contributed by atoms with E-state index in [1.807, 2.05) is 30.0 Å². The molecule has 0 radical (unpaired) electrons. The standard InChI is InChI=1S/C16H23BrN2O2/c1-12-9-13(11-14(17)10-12)16(20)19-6-3-15(4-7-19)21-8-2-5-18/h9-11,15H,2-8,18H2,1H3. The molecular formula is C16H23BrN2O2. The van der Waals surface area contributed by atoms with Crippen LogP contribution in [0.15, 0.2) is 22.7 Å². The number of benzene rings is 1. The van der Waals surface area contributed by atoms with Crippen molar-refractivity contribution in [3.63, 3.8) is 0 Å². The third-order valence-corrected chi connectivity index (χ3v) is 4.18. The van der Waals surface area contributed by atoms with Crippen LogP contribution in [-0.2, 0) is 4.74 Å². The summed E-state index contributed by atoms with van der Waals surface area (Å²) in [5, 5.41) is 0. The Hall–Kier alpha value is -0.910. The Bertz CT molecular complexity index is 465. The van der Waals surface area contributed by atoms with Crippen molar-refractivity contribution in [1.82, 2.24) is 4.90 Å². The summed E-state index contributed by atoms with van der Waals surface area (Å²) in [5.74, 6) is 0.111. The van der Waals surface area contributed by atoms with Crippen LogP contribution in [0, 0.1) is 6.92 Å². The summed E-state index contributed by atoms with van der Waals surface area (Å²) >= 11 is 3.45. The van der Waals surface area contributed by atoms with Gasteiger partial charge in [0.25, 0.3) is 5.91 Å². The Morgan fingerprint density at radius 3 is 2.71 bits per heavy atom. The fraction of sp³-hybridized carbons (Fsp3) is 0.562. The first-order valence-electron chi connectivity index (χ1n) is 7.48. The van der Waals surface area contributed by atoms with Gasteiger partial charge >= 0.3 is 0 Å². The molecule has 0 aromatic heterocycles. The van der Waals surface area contributed by atoms with Gasteiger partial charge in [-0.1, -0.05) is 15.9 Å². The van der Waals surface area contributed by atoms with Crippen molar-refractivity contribution in [3.8, 4) is 0 Å². The molecule has 1 aromatic rings. The van der Waals surface area contributed by atoms with Crippen molar-refractivity contribution in [2.24, 2.45) is 5.73 Å². The largest absolute Gasteiger partial charge is 0.378 e. The summed E-state index contributed by atoms with van der Waals surface area (Å²) in [4.78, 5) is 14.4. The number of carbonyl (C=O) groups excluding carboxylic acids is 1. The van der Waals surface area contributed by atoms with E-state index in [2.05, 4.69) is 15.9 Å². The second-order valence-electron chi connectivity index (χ2n) is 5.52. The molecule has 116 valence electrons. The predicted molar refractivity (Wildman–Crippen MR) is 87.4 cm³/mol. The maximum Gasteiger partial charge on any atom is 0.253 e. The molecular weight excluding hydrogens is 332 g/mol. The van der Waals surface area contributed by atoms with E-state index in [9.17, 15) is 4.79 Å². The van der Waals surface area contributed by atoms with Crippen molar-refractivity contribution in [3.05, 3.63) is 33.8 Å². The van der Waals surface area contributed by atoms with Gasteiger partial charge in [-0.25, -0.2) is 0 Å². The highest BCUT2D eigenvalue weighted by Crippen LogP contribution is 2.20. The third-order valence-electron chi connectivity index (χ3n) is 3.72. The SMILES string of the molecule is Cc1cc(Br)cc(C(=O)N2CCC(OCCCN)CC2)c1. The first-order valence-corrected chi connectivity index (χ1v) is 8.27. The maximum atomic E-state index is 12.5. The zero-order chi connectivity index (χ0) is 15.2. The Kier molecular flexibility index (Phi) is 6.21. The Labute approximate surface area is 134 Å². The Balaban J connectivity index is 1.88. The van der Waals surface area contributed by atoms with E-state index in [4.69, 9.17) is 10.5 Å². The number of ether oxygens (including phenoxy) is 1. The summed E-state index contributed by atoms with van der Waals surface area (Å²) in [5.41, 5.74) is 7.30. The molecule has 1 saturated heterocycles. The molecule has 1 aliphatic heterocycles. The molecule has 1 amide bonds. The number of nitrogens with two attached hydrogens (primary N) is 1. The zero-order valence-corrected chi connectivity index (χ0v) is 14.1. The van der Waals surface area contributed by atoms with Crippen LogP contribution in [0.5, 0.6) is 0 Å². The minimum atomic E-state index is 0.111. The maximum absolute atomic E-state index is 12.5. The number of amides is 1. The lowest BCUT2D eigenvalue weighted by atomic mass is 10.1. The molecule has 0 atom stereocenters. The van der Waals surface area contributed by atoms with Gasteiger partial charge in [0.05, 0.1) is 6.10 Å². The smallest absolute Gasteiger partial charge is 0.253 e. The average molecular weight is 355 g/mol. The van der Waals surface area contributed by atoms with Gasteiger partial charge in [-0.3, -0.25) is 4.79 Å². The summed E-state index contributed by atoms with van der Waals surface area (Å²) in [6.45, 7) is 4.91. The number of carbonyl (C=O) groups is 1. The molecule has 0 bridgehead atoms. The lowest BCUT2D eigenvalue weighted by molar-refractivity contribution is 0.00844. The number of nitrogens with zero attached hydrogens (tertiary/aromatic N) is 1. The first-order chi connectivity index (χ1) is 10.1. The number of likely N-dealkylation sites (tertiary alicyclic amines) is 1. The molecule has 21 heavy (non-hydrogen) atoms. The number of hydrogen-bond acceptors (Lipinski definition) is 3. The van der Waals surface area contributed by atoms with E-state index in [-0.39, 0.29) is 12.0 Å². The second kappa shape index (κ2) is 7.92. The van der Waals surface area contributed by atoms with E-state index in [0.29, 0.717) is 6.54 Å². The molecule has 5 heteroatoms. The van der Waals surface area contributed by atoms with Gasteiger partial charge in [-0.05, 0) is 56.5 Å². The van der Waals surface area contributed by atoms with Crippen LogP contribution < -0.4 is 5.73 Å². The van der Waals surface area contributed by atoms with Crippen LogP contribution in [0.3, 0.4) is 0 Å². The molecule has 0 saturated carbocycles. The minimum Gasteiger partial charge on any atom is -0.378 e. The van der Waals surface area contributed by atoms with Crippen molar-refractivity contribution in [1.29, 1.82) is 0 Å². The quantitative estimate of drug-likeness (QED) is 0.827. The zero-order valence-electron chi connectivity index (χ0n) is 12.5. The van der Waals surface area contributed by atoms with Crippen molar-refractivity contribution in [2.75, 3.05) is 26.2 Å². The van der Waals surface area contributed by atoms with Crippen LogP contribution in [0.25, 0.3) is 0 Å². The van der Waals surface area contributed by atoms with Gasteiger partial charge in [0.1, 0.15) is 0 Å². The Morgan fingerprint density at radius 2 is 2.10 bits per heavy atom. The topological polar surface area (TPSA) is 55.6 Å². The molecule has 1 heterocycles. The summed E-state index contributed by atoms with van der Waals surface area (Å²) in [6, 6.07) is 5.84. The number of piperidine rings is 1. The van der Waals surface area contributed by atoms with Gasteiger partial charge in [0.15, 0.2) is 0 Å². The van der Waals surface area contributed by atoms with Gasteiger partial charge in [0.2, 0.25) is 0 Å². The molecule has 0 aliphatic carbocycles. The van der Waals surface area contributed by atoms with Gasteiger partial charge in [-0.15, -0.1) is 0 Å². The molecule has 2 N–H and O–H groups in total. The van der Waals surface area contributed by atoms with Gasteiger partial charge < -0.3 is 15.4 Å². The highest BCUT2D eigenvalue weighted by atomic mass is 79.9. The van der Waals surface area contributed by atoms with Crippen LogP contribution in [0.1, 0.15) is 35.2 Å². The van der Waals surface area contributed by atoms with Crippen LogP contribution >= 0.6 is 15.9 Å². The van der Waals surface area contributed by atoms with Crippen molar-refractivity contribution >= 4 is 21.8 Å². The molecule has 1 fully saturated rings. The number of rotatable bonds is 5. The molecule has 0 unspecified atom stereocenters. The molecule has 1 aromatic carbocycles. The predicted octanol–water partition coefficient (Wildman–Crippen LogP) is 2.73. The molecule has 4 nitrogen and oxygen atoms in total. The van der Waals surface area contributed by atoms with Crippen molar-refractivity contribution in [2.45, 2.75) is 32.3 Å². The first kappa shape index (κ1) is 16.5. The third kappa shape index (κ3) is 4.80. The van der Waals surface area contributed by atoms with E-state index in [0.717, 1.165) is 54.6 Å². The summed E-state index contributed by atoms with van der Waals surface area (Å²) < 4.78 is 6.72. The van der Waals surface area contributed by atoms with E-state index in [1.54, 1.807) is 0 Å². The molecule has 0 spiro atoms. The fourth-order valence-electron chi connectivity index (χ4n) is 2.60. The van der Waals surface area contributed by atoms with Crippen LogP contribution in [-0.4, -0.2) is 43.2 Å². The second-order valence-corrected chi connectivity index (χ2v) is 6.44. The normalized spacial score (nSPS) is 16.2. The average Bonchev–Trinajstić information content (AvgIpc) is 2.46. The highest BCUT2D eigenvalue weighted by Gasteiger charge is 2.24. The van der Waals surface area contributed by atoms with Crippen LogP contribution in [0.2, 0.25) is 0 Å². The van der Waals surface area contributed by atoms with Gasteiger partial charge in [0, 0.05) is 29.7 Å². The van der Waals surface area contributed by atoms with Crippen LogP contribution in [0.4, 0.5) is 0 Å². The summed E-state index contributed by atoms with van der Waals surface area (Å²) in [6.07, 6.45) is 2.98. The molecule has 2 rings (SSSR count). The lowest BCUT2D eigenvalue weighted by Crippen LogP contribution is -2.41. The number of halogens is 1.